The van der Waals surface area contributed by atoms with E-state index in [1.54, 1.807) is 0 Å². The molecule has 2 bridgehead atoms. The number of hydrogen-bond acceptors (Lipinski definition) is 3. The van der Waals surface area contributed by atoms with Crippen LogP contribution in [0.3, 0.4) is 0 Å². The Morgan fingerprint density at radius 1 is 1.28 bits per heavy atom. The lowest BCUT2D eigenvalue weighted by Crippen LogP contribution is -2.67. The van der Waals surface area contributed by atoms with Crippen molar-refractivity contribution in [3.05, 3.63) is 0 Å². The minimum absolute atomic E-state index is 0.189. The summed E-state index contributed by atoms with van der Waals surface area (Å²) in [5.41, 5.74) is 2.96. The molecule has 2 rings (SSSR count). The van der Waals surface area contributed by atoms with Crippen molar-refractivity contribution >= 4 is 17.7 Å². The van der Waals surface area contributed by atoms with Gasteiger partial charge in [-0.15, -0.1) is 0 Å². The number of primary amides is 1. The molecule has 1 heterocycles. The first-order valence-corrected chi connectivity index (χ1v) is 6.31. The van der Waals surface area contributed by atoms with Crippen LogP contribution in [0.2, 0.25) is 0 Å². The highest BCUT2D eigenvalue weighted by atomic mass is 16.2. The van der Waals surface area contributed by atoms with Gasteiger partial charge in [-0.05, 0) is 19.3 Å². The summed E-state index contributed by atoms with van der Waals surface area (Å²) in [6, 6.07) is 0. The van der Waals surface area contributed by atoms with Crippen molar-refractivity contribution in [3.8, 4) is 0 Å². The van der Waals surface area contributed by atoms with Crippen LogP contribution in [-0.2, 0) is 14.4 Å². The van der Waals surface area contributed by atoms with Crippen molar-refractivity contribution in [2.75, 3.05) is 7.05 Å². The first-order chi connectivity index (χ1) is 8.19. The summed E-state index contributed by atoms with van der Waals surface area (Å²) < 4.78 is 0. The third-order valence-electron chi connectivity index (χ3n) is 5.73. The minimum Gasteiger partial charge on any atom is -0.369 e. The van der Waals surface area contributed by atoms with Crippen molar-refractivity contribution in [2.24, 2.45) is 22.0 Å². The van der Waals surface area contributed by atoms with Gasteiger partial charge < -0.3 is 5.73 Å². The van der Waals surface area contributed by atoms with Crippen LogP contribution in [0.15, 0.2) is 0 Å². The van der Waals surface area contributed by atoms with Crippen molar-refractivity contribution in [1.29, 1.82) is 0 Å². The zero-order chi connectivity index (χ0) is 13.9. The molecule has 0 spiro atoms. The van der Waals surface area contributed by atoms with Gasteiger partial charge in [-0.1, -0.05) is 20.8 Å². The maximum Gasteiger partial charge on any atom is 0.245 e. The molecule has 0 radical (unpaired) electrons. The van der Waals surface area contributed by atoms with Crippen LogP contribution >= 0.6 is 0 Å². The van der Waals surface area contributed by atoms with Crippen molar-refractivity contribution in [3.63, 3.8) is 0 Å². The monoisotopic (exact) mass is 252 g/mol. The quantitative estimate of drug-likeness (QED) is 0.579. The molecule has 3 atom stereocenters. The molecule has 18 heavy (non-hydrogen) atoms. The van der Waals surface area contributed by atoms with Crippen LogP contribution in [0, 0.1) is 16.2 Å². The Hall–Kier alpha value is -1.39. The number of amides is 3. The summed E-state index contributed by atoms with van der Waals surface area (Å²) in [7, 11) is 1.45. The fraction of sp³-hybridized carbons (Fsp3) is 0.769. The van der Waals surface area contributed by atoms with E-state index in [0.717, 1.165) is 4.90 Å². The van der Waals surface area contributed by atoms with E-state index < -0.39 is 28.1 Å². The summed E-state index contributed by atoms with van der Waals surface area (Å²) in [5.74, 6) is -1.22. The molecule has 2 fully saturated rings. The van der Waals surface area contributed by atoms with E-state index in [0.29, 0.717) is 19.3 Å². The second-order valence-electron chi connectivity index (χ2n) is 5.96. The van der Waals surface area contributed by atoms with Crippen LogP contribution in [-0.4, -0.2) is 29.7 Å². The zero-order valence-electron chi connectivity index (χ0n) is 11.4. The summed E-state index contributed by atoms with van der Waals surface area (Å²) in [6.45, 7) is 5.62. The molecule has 2 N–H and O–H groups in total. The first-order valence-electron chi connectivity index (χ1n) is 6.31. The number of carbonyl (C=O) groups excluding carboxylic acids is 3. The van der Waals surface area contributed by atoms with E-state index in [2.05, 4.69) is 0 Å². The molecule has 2 aliphatic rings. The van der Waals surface area contributed by atoms with Crippen molar-refractivity contribution in [1.82, 2.24) is 4.90 Å². The van der Waals surface area contributed by atoms with Gasteiger partial charge in [0.25, 0.3) is 0 Å². The van der Waals surface area contributed by atoms with Crippen LogP contribution in [0.25, 0.3) is 0 Å². The number of carbonyl (C=O) groups is 3. The standard InChI is InChI=1S/C13H20N2O3/c1-5-12(3)11(2)6-7-13(12,8(14)16)10(18)15(4)9(11)17/h5-7H2,1-4H3,(H2,14,16)/t11-,12?,13-/m0/s1. The summed E-state index contributed by atoms with van der Waals surface area (Å²) in [5, 5.41) is 0. The number of nitrogens with two attached hydrogens (primary N) is 1. The Kier molecular flexibility index (Phi) is 2.42. The highest BCUT2D eigenvalue weighted by Gasteiger charge is 2.75. The Balaban J connectivity index is 2.76. The summed E-state index contributed by atoms with van der Waals surface area (Å²) in [6.07, 6.45) is 1.49. The number of piperidine rings is 1. The van der Waals surface area contributed by atoms with Crippen LogP contribution < -0.4 is 5.73 Å². The number of fused-ring (bicyclic) bond motifs is 2. The molecule has 1 saturated carbocycles. The molecular weight excluding hydrogens is 232 g/mol. The highest BCUT2D eigenvalue weighted by molar-refractivity contribution is 6.15. The molecule has 100 valence electrons. The smallest absolute Gasteiger partial charge is 0.245 e. The molecule has 1 saturated heterocycles. The lowest BCUT2D eigenvalue weighted by Gasteiger charge is -2.53. The molecule has 1 aliphatic heterocycles. The molecule has 0 aromatic carbocycles. The van der Waals surface area contributed by atoms with Crippen LogP contribution in [0.4, 0.5) is 0 Å². The minimum atomic E-state index is -1.22. The Morgan fingerprint density at radius 3 is 2.28 bits per heavy atom. The van der Waals surface area contributed by atoms with Gasteiger partial charge in [0.15, 0.2) is 0 Å². The Morgan fingerprint density at radius 2 is 1.83 bits per heavy atom. The summed E-state index contributed by atoms with van der Waals surface area (Å²) >= 11 is 0. The molecule has 3 amide bonds. The molecule has 0 aromatic rings. The Bertz CT molecular complexity index is 461. The van der Waals surface area contributed by atoms with E-state index >= 15 is 0 Å². The van der Waals surface area contributed by atoms with Crippen molar-refractivity contribution in [2.45, 2.75) is 40.0 Å². The third-order valence-corrected chi connectivity index (χ3v) is 5.73. The molecule has 5 nitrogen and oxygen atoms in total. The van der Waals surface area contributed by atoms with Gasteiger partial charge in [0.2, 0.25) is 17.7 Å². The SMILES string of the molecule is CCC1(C)[C@]2(C(N)=O)CC[C@@]1(C)C(=O)N(C)C2=O. The molecule has 5 heteroatoms. The number of likely N-dealkylation sites (tertiary alicyclic amines) is 1. The second kappa shape index (κ2) is 3.33. The molecule has 1 unspecified atom stereocenters. The number of rotatable bonds is 2. The van der Waals surface area contributed by atoms with E-state index in [4.69, 9.17) is 5.73 Å². The van der Waals surface area contributed by atoms with Crippen molar-refractivity contribution < 1.29 is 14.4 Å². The molecular formula is C13H20N2O3. The maximum absolute atomic E-state index is 12.5. The van der Waals surface area contributed by atoms with E-state index in [1.165, 1.54) is 7.05 Å². The largest absolute Gasteiger partial charge is 0.369 e. The van der Waals surface area contributed by atoms with Gasteiger partial charge in [0.05, 0.1) is 5.41 Å². The van der Waals surface area contributed by atoms with Gasteiger partial charge in [0, 0.05) is 12.5 Å². The van der Waals surface area contributed by atoms with E-state index in [9.17, 15) is 14.4 Å². The van der Waals surface area contributed by atoms with Crippen LogP contribution in [0.1, 0.15) is 40.0 Å². The fourth-order valence-electron chi connectivity index (χ4n) is 4.09. The van der Waals surface area contributed by atoms with Crippen LogP contribution in [0.5, 0.6) is 0 Å². The Labute approximate surface area is 107 Å². The van der Waals surface area contributed by atoms with Gasteiger partial charge in [-0.2, -0.15) is 0 Å². The zero-order valence-corrected chi connectivity index (χ0v) is 11.4. The lowest BCUT2D eigenvalue weighted by molar-refractivity contribution is -0.180. The maximum atomic E-state index is 12.5. The number of imide groups is 1. The van der Waals surface area contributed by atoms with Gasteiger partial charge in [-0.3, -0.25) is 19.3 Å². The second-order valence-corrected chi connectivity index (χ2v) is 5.96. The van der Waals surface area contributed by atoms with E-state index in [-0.39, 0.29) is 5.91 Å². The normalized spacial score (nSPS) is 43.4. The predicted molar refractivity (Wildman–Crippen MR) is 65.1 cm³/mol. The average Bonchev–Trinajstić information content (AvgIpc) is 2.54. The summed E-state index contributed by atoms with van der Waals surface area (Å²) in [4.78, 5) is 38.0. The lowest BCUT2D eigenvalue weighted by atomic mass is 9.53. The number of hydrogen-bond donors (Lipinski definition) is 1. The van der Waals surface area contributed by atoms with Gasteiger partial charge in [-0.25, -0.2) is 0 Å². The first kappa shape index (κ1) is 13.1. The number of nitrogens with zero attached hydrogens (tertiary/aromatic N) is 1. The predicted octanol–water partition coefficient (Wildman–Crippen LogP) is 0.673. The van der Waals surface area contributed by atoms with E-state index in [1.807, 2.05) is 20.8 Å². The van der Waals surface area contributed by atoms with Gasteiger partial charge in [0.1, 0.15) is 5.41 Å². The topological polar surface area (TPSA) is 80.5 Å². The third kappa shape index (κ3) is 0.978. The highest BCUT2D eigenvalue weighted by Crippen LogP contribution is 2.67. The van der Waals surface area contributed by atoms with Gasteiger partial charge >= 0.3 is 0 Å². The fourth-order valence-corrected chi connectivity index (χ4v) is 4.09. The molecule has 0 aromatic heterocycles. The average molecular weight is 252 g/mol. The molecule has 1 aliphatic carbocycles.